The molecule has 18 heavy (non-hydrogen) atoms. The minimum Gasteiger partial charge on any atom is -0.387 e. The molecule has 1 saturated carbocycles. The molecular formula is C12H24O6. The highest BCUT2D eigenvalue weighted by molar-refractivity contribution is 4.99. The second-order valence-corrected chi connectivity index (χ2v) is 4.85. The van der Waals surface area contributed by atoms with E-state index >= 15 is 0 Å². The zero-order valence-corrected chi connectivity index (χ0v) is 10.6. The van der Waals surface area contributed by atoms with Crippen LogP contribution in [0.5, 0.6) is 0 Å². The number of rotatable bonds is 6. The summed E-state index contributed by atoms with van der Waals surface area (Å²) < 4.78 is 5.31. The zero-order valence-electron chi connectivity index (χ0n) is 10.6. The van der Waals surface area contributed by atoms with Crippen molar-refractivity contribution >= 4 is 0 Å². The van der Waals surface area contributed by atoms with Gasteiger partial charge in [0.1, 0.15) is 36.6 Å². The van der Waals surface area contributed by atoms with Crippen LogP contribution in [-0.4, -0.2) is 68.8 Å². The number of hydrogen-bond donors (Lipinski definition) is 5. The average molecular weight is 264 g/mol. The van der Waals surface area contributed by atoms with E-state index < -0.39 is 36.6 Å². The molecular weight excluding hydrogens is 240 g/mol. The van der Waals surface area contributed by atoms with Crippen LogP contribution in [0.1, 0.15) is 32.6 Å². The SMILES string of the molecule is CCCCCCOC1[C@H](O)[C@H](O)C(O)[C@H](O)[C@H]1O. The van der Waals surface area contributed by atoms with Crippen molar-refractivity contribution < 1.29 is 30.3 Å². The highest BCUT2D eigenvalue weighted by atomic mass is 16.5. The van der Waals surface area contributed by atoms with Crippen molar-refractivity contribution in [2.45, 2.75) is 69.2 Å². The van der Waals surface area contributed by atoms with Gasteiger partial charge in [0.15, 0.2) is 0 Å². The maximum absolute atomic E-state index is 9.69. The Bertz CT molecular complexity index is 221. The fraction of sp³-hybridized carbons (Fsp3) is 1.00. The Balaban J connectivity index is 2.42. The van der Waals surface area contributed by atoms with Crippen LogP contribution < -0.4 is 0 Å². The Hall–Kier alpha value is -0.240. The second kappa shape index (κ2) is 7.37. The first kappa shape index (κ1) is 15.8. The molecule has 1 aliphatic rings. The lowest BCUT2D eigenvalue weighted by molar-refractivity contribution is -0.235. The number of ether oxygens (including phenoxy) is 1. The summed E-state index contributed by atoms with van der Waals surface area (Å²) in [6.45, 7) is 2.43. The van der Waals surface area contributed by atoms with Gasteiger partial charge in [-0.25, -0.2) is 0 Å². The van der Waals surface area contributed by atoms with Crippen LogP contribution in [0.15, 0.2) is 0 Å². The van der Waals surface area contributed by atoms with E-state index in [0.29, 0.717) is 6.61 Å². The van der Waals surface area contributed by atoms with E-state index in [0.717, 1.165) is 25.7 Å². The monoisotopic (exact) mass is 264 g/mol. The molecule has 0 bridgehead atoms. The summed E-state index contributed by atoms with van der Waals surface area (Å²) in [5.41, 5.74) is 0. The van der Waals surface area contributed by atoms with Gasteiger partial charge in [-0.3, -0.25) is 0 Å². The molecule has 0 aliphatic heterocycles. The molecule has 0 radical (unpaired) electrons. The molecule has 1 rings (SSSR count). The van der Waals surface area contributed by atoms with E-state index in [4.69, 9.17) is 4.74 Å². The lowest BCUT2D eigenvalue weighted by Crippen LogP contribution is -2.64. The van der Waals surface area contributed by atoms with E-state index in [1.807, 2.05) is 0 Å². The minimum absolute atomic E-state index is 0.342. The molecule has 0 spiro atoms. The maximum atomic E-state index is 9.69. The molecule has 5 N–H and O–H groups in total. The molecule has 0 saturated heterocycles. The number of unbranched alkanes of at least 4 members (excludes halogenated alkanes) is 3. The Morgan fingerprint density at radius 1 is 0.722 bits per heavy atom. The van der Waals surface area contributed by atoms with Gasteiger partial charge in [-0.15, -0.1) is 0 Å². The smallest absolute Gasteiger partial charge is 0.114 e. The summed E-state index contributed by atoms with van der Waals surface area (Å²) >= 11 is 0. The van der Waals surface area contributed by atoms with Gasteiger partial charge in [-0.05, 0) is 6.42 Å². The number of aliphatic hydroxyl groups is 5. The van der Waals surface area contributed by atoms with Crippen LogP contribution in [0.4, 0.5) is 0 Å². The molecule has 0 amide bonds. The fourth-order valence-corrected chi connectivity index (χ4v) is 2.14. The van der Waals surface area contributed by atoms with Crippen molar-refractivity contribution in [2.75, 3.05) is 6.61 Å². The van der Waals surface area contributed by atoms with Gasteiger partial charge in [0.25, 0.3) is 0 Å². The van der Waals surface area contributed by atoms with Gasteiger partial charge < -0.3 is 30.3 Å². The Morgan fingerprint density at radius 2 is 1.22 bits per heavy atom. The van der Waals surface area contributed by atoms with Crippen molar-refractivity contribution in [3.8, 4) is 0 Å². The first-order valence-corrected chi connectivity index (χ1v) is 6.52. The van der Waals surface area contributed by atoms with E-state index in [-0.39, 0.29) is 0 Å². The lowest BCUT2D eigenvalue weighted by Gasteiger charge is -2.41. The quantitative estimate of drug-likeness (QED) is 0.384. The van der Waals surface area contributed by atoms with Gasteiger partial charge in [-0.1, -0.05) is 26.2 Å². The molecule has 6 heteroatoms. The van der Waals surface area contributed by atoms with E-state index in [1.54, 1.807) is 0 Å². The normalized spacial score (nSPS) is 41.0. The predicted octanol–water partition coefficient (Wildman–Crippen LogP) is -1.23. The highest BCUT2D eigenvalue weighted by Gasteiger charge is 2.48. The van der Waals surface area contributed by atoms with Gasteiger partial charge in [0, 0.05) is 6.61 Å². The topological polar surface area (TPSA) is 110 Å². The van der Waals surface area contributed by atoms with Gasteiger partial charge in [-0.2, -0.15) is 0 Å². The second-order valence-electron chi connectivity index (χ2n) is 4.85. The summed E-state index contributed by atoms with van der Waals surface area (Å²) in [6.07, 6.45) is -4.49. The Kier molecular flexibility index (Phi) is 6.48. The van der Waals surface area contributed by atoms with Crippen molar-refractivity contribution in [3.63, 3.8) is 0 Å². The van der Waals surface area contributed by atoms with E-state index in [2.05, 4.69) is 6.92 Å². The van der Waals surface area contributed by atoms with Gasteiger partial charge in [0.2, 0.25) is 0 Å². The minimum atomic E-state index is -1.56. The maximum Gasteiger partial charge on any atom is 0.114 e. The summed E-state index contributed by atoms with van der Waals surface area (Å²) in [5.74, 6) is 0. The van der Waals surface area contributed by atoms with Crippen LogP contribution in [0.3, 0.4) is 0 Å². The van der Waals surface area contributed by atoms with Gasteiger partial charge >= 0.3 is 0 Å². The molecule has 1 aliphatic carbocycles. The third kappa shape index (κ3) is 3.63. The molecule has 6 atom stereocenters. The molecule has 1 fully saturated rings. The molecule has 6 nitrogen and oxygen atoms in total. The lowest BCUT2D eigenvalue weighted by atomic mass is 9.85. The van der Waals surface area contributed by atoms with Crippen molar-refractivity contribution in [1.82, 2.24) is 0 Å². The zero-order chi connectivity index (χ0) is 13.7. The molecule has 0 aromatic carbocycles. The molecule has 0 aromatic heterocycles. The molecule has 0 aromatic rings. The average Bonchev–Trinajstić information content (AvgIpc) is 2.37. The van der Waals surface area contributed by atoms with Crippen LogP contribution in [0.25, 0.3) is 0 Å². The standard InChI is InChI=1S/C12H24O6/c1-2-3-4-5-6-18-12-10(16)8(14)7(13)9(15)11(12)17/h7-17H,2-6H2,1H3/t7?,8-,9+,10-,11-,12?/m1/s1. The van der Waals surface area contributed by atoms with Crippen LogP contribution in [0, 0.1) is 0 Å². The van der Waals surface area contributed by atoms with Crippen molar-refractivity contribution in [2.24, 2.45) is 0 Å². The van der Waals surface area contributed by atoms with Crippen LogP contribution >= 0.6 is 0 Å². The van der Waals surface area contributed by atoms with Crippen LogP contribution in [0.2, 0.25) is 0 Å². The highest BCUT2D eigenvalue weighted by Crippen LogP contribution is 2.24. The van der Waals surface area contributed by atoms with E-state index in [1.165, 1.54) is 0 Å². The largest absolute Gasteiger partial charge is 0.387 e. The molecule has 108 valence electrons. The van der Waals surface area contributed by atoms with Crippen molar-refractivity contribution in [3.05, 3.63) is 0 Å². The van der Waals surface area contributed by atoms with Crippen molar-refractivity contribution in [1.29, 1.82) is 0 Å². The fourth-order valence-electron chi connectivity index (χ4n) is 2.14. The Morgan fingerprint density at radius 3 is 1.72 bits per heavy atom. The molecule has 0 heterocycles. The summed E-state index contributed by atoms with van der Waals surface area (Å²) in [4.78, 5) is 0. The summed E-state index contributed by atoms with van der Waals surface area (Å²) in [5, 5.41) is 47.7. The van der Waals surface area contributed by atoms with E-state index in [9.17, 15) is 25.5 Å². The number of hydrogen-bond acceptors (Lipinski definition) is 6. The summed E-state index contributed by atoms with van der Waals surface area (Å²) in [7, 11) is 0. The van der Waals surface area contributed by atoms with Crippen LogP contribution in [-0.2, 0) is 4.74 Å². The van der Waals surface area contributed by atoms with Gasteiger partial charge in [0.05, 0.1) is 0 Å². The molecule has 2 unspecified atom stereocenters. The third-order valence-corrected chi connectivity index (χ3v) is 3.38. The number of aliphatic hydroxyl groups excluding tert-OH is 5. The third-order valence-electron chi connectivity index (χ3n) is 3.38. The summed E-state index contributed by atoms with van der Waals surface area (Å²) in [6, 6.07) is 0. The predicted molar refractivity (Wildman–Crippen MR) is 63.9 cm³/mol. The first-order valence-electron chi connectivity index (χ1n) is 6.52. The Labute approximate surface area is 107 Å². The first-order chi connectivity index (χ1) is 8.50.